The number of aromatic nitrogens is 2. The van der Waals surface area contributed by atoms with Gasteiger partial charge >= 0.3 is 0 Å². The lowest BCUT2D eigenvalue weighted by molar-refractivity contribution is -0.0639. The lowest BCUT2D eigenvalue weighted by atomic mass is 10.1. The van der Waals surface area contributed by atoms with E-state index in [9.17, 15) is 0 Å². The van der Waals surface area contributed by atoms with Gasteiger partial charge in [0.1, 0.15) is 0 Å². The molecule has 1 aliphatic rings. The molecule has 2 atom stereocenters. The summed E-state index contributed by atoms with van der Waals surface area (Å²) in [5.41, 5.74) is 2.36. The highest BCUT2D eigenvalue weighted by atomic mass is 35.5. The van der Waals surface area contributed by atoms with Gasteiger partial charge in [-0.3, -0.25) is 4.90 Å². The molecule has 1 aromatic heterocycles. The van der Waals surface area contributed by atoms with Crippen molar-refractivity contribution in [2.45, 2.75) is 25.6 Å². The third kappa shape index (κ3) is 3.28. The van der Waals surface area contributed by atoms with Gasteiger partial charge in [-0.05, 0) is 24.6 Å². The zero-order valence-corrected chi connectivity index (χ0v) is 13.1. The first-order valence-corrected chi connectivity index (χ1v) is 7.57. The van der Waals surface area contributed by atoms with Gasteiger partial charge in [0.2, 0.25) is 0 Å². The number of halogens is 1. The van der Waals surface area contributed by atoms with E-state index < -0.39 is 0 Å². The molecule has 5 heteroatoms. The smallest absolute Gasteiger partial charge is 0.0953 e. The van der Waals surface area contributed by atoms with Crippen LogP contribution < -0.4 is 0 Å². The molecule has 21 heavy (non-hydrogen) atoms. The highest BCUT2D eigenvalue weighted by Gasteiger charge is 2.27. The van der Waals surface area contributed by atoms with E-state index in [4.69, 9.17) is 16.3 Å². The molecule has 2 unspecified atom stereocenters. The SMILES string of the molecule is CC1COC(c2cccc(Cl)c2)CN1Cc1cncn1C. The van der Waals surface area contributed by atoms with Crippen molar-refractivity contribution in [3.63, 3.8) is 0 Å². The van der Waals surface area contributed by atoms with E-state index in [0.717, 1.165) is 30.3 Å². The fraction of sp³-hybridized carbons (Fsp3) is 0.438. The molecular weight excluding hydrogens is 286 g/mol. The van der Waals surface area contributed by atoms with Gasteiger partial charge in [-0.1, -0.05) is 23.7 Å². The standard InChI is InChI=1S/C16H20ClN3O/c1-12-10-21-16(13-4-3-5-14(17)6-13)9-20(12)8-15-7-18-11-19(15)2/h3-7,11-12,16H,8-10H2,1-2H3. The van der Waals surface area contributed by atoms with E-state index in [0.29, 0.717) is 6.04 Å². The number of imidazole rings is 1. The summed E-state index contributed by atoms with van der Waals surface area (Å²) in [7, 11) is 2.03. The van der Waals surface area contributed by atoms with E-state index in [2.05, 4.69) is 27.4 Å². The summed E-state index contributed by atoms with van der Waals surface area (Å²) in [6, 6.07) is 8.34. The third-order valence-electron chi connectivity index (χ3n) is 4.06. The normalized spacial score (nSPS) is 23.4. The average molecular weight is 306 g/mol. The quantitative estimate of drug-likeness (QED) is 0.873. The van der Waals surface area contributed by atoms with Crippen molar-refractivity contribution in [3.05, 3.63) is 53.1 Å². The summed E-state index contributed by atoms with van der Waals surface area (Å²) in [5.74, 6) is 0. The first kappa shape index (κ1) is 14.6. The van der Waals surface area contributed by atoms with Gasteiger partial charge in [0.15, 0.2) is 0 Å². The molecule has 0 saturated carbocycles. The van der Waals surface area contributed by atoms with Gasteiger partial charge in [0, 0.05) is 37.4 Å². The lowest BCUT2D eigenvalue weighted by Gasteiger charge is -2.38. The molecule has 4 nitrogen and oxygen atoms in total. The van der Waals surface area contributed by atoms with Crippen molar-refractivity contribution in [2.24, 2.45) is 7.05 Å². The molecule has 2 aromatic rings. The molecule has 1 fully saturated rings. The molecule has 0 N–H and O–H groups in total. The summed E-state index contributed by atoms with van der Waals surface area (Å²) in [4.78, 5) is 6.63. The Kier molecular flexibility index (Phi) is 4.29. The molecule has 1 aliphatic heterocycles. The van der Waals surface area contributed by atoms with Gasteiger partial charge in [0.25, 0.3) is 0 Å². The first-order chi connectivity index (χ1) is 10.1. The van der Waals surface area contributed by atoms with Crippen molar-refractivity contribution < 1.29 is 4.74 Å². The minimum atomic E-state index is 0.0770. The largest absolute Gasteiger partial charge is 0.371 e. The predicted octanol–water partition coefficient (Wildman–Crippen LogP) is 3.04. The molecule has 2 heterocycles. The van der Waals surface area contributed by atoms with Crippen molar-refractivity contribution in [1.82, 2.24) is 14.5 Å². The summed E-state index contributed by atoms with van der Waals surface area (Å²) in [6.07, 6.45) is 3.85. The van der Waals surface area contributed by atoms with E-state index in [1.54, 1.807) is 0 Å². The van der Waals surface area contributed by atoms with Crippen LogP contribution in [0.2, 0.25) is 5.02 Å². The monoisotopic (exact) mass is 305 g/mol. The molecule has 0 amide bonds. The zero-order chi connectivity index (χ0) is 14.8. The van der Waals surface area contributed by atoms with Crippen LogP contribution in [-0.4, -0.2) is 33.6 Å². The van der Waals surface area contributed by atoms with Crippen molar-refractivity contribution >= 4 is 11.6 Å². The summed E-state index contributed by atoms with van der Waals surface area (Å²) in [6.45, 7) is 4.68. The Morgan fingerprint density at radius 3 is 3.00 bits per heavy atom. The molecule has 1 saturated heterocycles. The van der Waals surface area contributed by atoms with Crippen LogP contribution in [-0.2, 0) is 18.3 Å². The summed E-state index contributed by atoms with van der Waals surface area (Å²) >= 11 is 6.08. The van der Waals surface area contributed by atoms with Gasteiger partial charge in [0.05, 0.1) is 24.7 Å². The zero-order valence-electron chi connectivity index (χ0n) is 12.4. The summed E-state index contributed by atoms with van der Waals surface area (Å²) < 4.78 is 8.05. The van der Waals surface area contributed by atoms with Crippen LogP contribution >= 0.6 is 11.6 Å². The van der Waals surface area contributed by atoms with Crippen LogP contribution in [0.4, 0.5) is 0 Å². The second-order valence-electron chi connectivity index (χ2n) is 5.65. The Morgan fingerprint density at radius 1 is 1.43 bits per heavy atom. The van der Waals surface area contributed by atoms with Gasteiger partial charge < -0.3 is 9.30 Å². The van der Waals surface area contributed by atoms with Crippen LogP contribution in [0.5, 0.6) is 0 Å². The predicted molar refractivity (Wildman–Crippen MR) is 83.2 cm³/mol. The van der Waals surface area contributed by atoms with Gasteiger partial charge in [-0.15, -0.1) is 0 Å². The van der Waals surface area contributed by atoms with Gasteiger partial charge in [-0.2, -0.15) is 0 Å². The van der Waals surface area contributed by atoms with Crippen LogP contribution in [0.25, 0.3) is 0 Å². The molecule has 1 aromatic carbocycles. The van der Waals surface area contributed by atoms with Crippen LogP contribution in [0.3, 0.4) is 0 Å². The van der Waals surface area contributed by atoms with Crippen molar-refractivity contribution in [3.8, 4) is 0 Å². The molecular formula is C16H20ClN3O. The number of rotatable bonds is 3. The average Bonchev–Trinajstić information content (AvgIpc) is 2.87. The number of aryl methyl sites for hydroxylation is 1. The Balaban J connectivity index is 1.74. The molecule has 0 radical (unpaired) electrons. The topological polar surface area (TPSA) is 30.3 Å². The van der Waals surface area contributed by atoms with Gasteiger partial charge in [-0.25, -0.2) is 4.98 Å². The Labute approximate surface area is 130 Å². The van der Waals surface area contributed by atoms with E-state index >= 15 is 0 Å². The number of morpholine rings is 1. The first-order valence-electron chi connectivity index (χ1n) is 7.20. The molecule has 3 rings (SSSR count). The highest BCUT2D eigenvalue weighted by Crippen LogP contribution is 2.27. The van der Waals surface area contributed by atoms with E-state index in [1.165, 1.54) is 5.69 Å². The van der Waals surface area contributed by atoms with Crippen molar-refractivity contribution in [2.75, 3.05) is 13.2 Å². The maximum Gasteiger partial charge on any atom is 0.0953 e. The van der Waals surface area contributed by atoms with E-state index in [1.807, 2.05) is 37.8 Å². The number of hydrogen-bond donors (Lipinski definition) is 0. The summed E-state index contributed by atoms with van der Waals surface area (Å²) in [5, 5.41) is 0.757. The Bertz CT molecular complexity index is 613. The number of hydrogen-bond acceptors (Lipinski definition) is 3. The number of nitrogens with zero attached hydrogens (tertiary/aromatic N) is 3. The molecule has 0 bridgehead atoms. The minimum Gasteiger partial charge on any atom is -0.371 e. The maximum absolute atomic E-state index is 6.08. The number of ether oxygens (including phenoxy) is 1. The Morgan fingerprint density at radius 2 is 2.29 bits per heavy atom. The molecule has 0 aliphatic carbocycles. The second kappa shape index (κ2) is 6.18. The molecule has 0 spiro atoms. The van der Waals surface area contributed by atoms with Crippen LogP contribution in [0, 0.1) is 0 Å². The van der Waals surface area contributed by atoms with E-state index in [-0.39, 0.29) is 6.10 Å². The maximum atomic E-state index is 6.08. The lowest BCUT2D eigenvalue weighted by Crippen LogP contribution is -2.44. The van der Waals surface area contributed by atoms with Crippen LogP contribution in [0.1, 0.15) is 24.3 Å². The fourth-order valence-electron chi connectivity index (χ4n) is 2.68. The third-order valence-corrected chi connectivity index (χ3v) is 4.30. The van der Waals surface area contributed by atoms with Crippen molar-refractivity contribution in [1.29, 1.82) is 0 Å². The molecule has 112 valence electrons. The minimum absolute atomic E-state index is 0.0770. The number of benzene rings is 1. The Hall–Kier alpha value is -1.36. The van der Waals surface area contributed by atoms with Crippen LogP contribution in [0.15, 0.2) is 36.8 Å². The fourth-order valence-corrected chi connectivity index (χ4v) is 2.88. The second-order valence-corrected chi connectivity index (χ2v) is 6.09. The highest BCUT2D eigenvalue weighted by molar-refractivity contribution is 6.30.